The van der Waals surface area contributed by atoms with Gasteiger partial charge in [0.2, 0.25) is 0 Å². The molecule has 0 aromatic carbocycles. The lowest BCUT2D eigenvalue weighted by Gasteiger charge is -2.51. The van der Waals surface area contributed by atoms with E-state index in [1.54, 1.807) is 0 Å². The van der Waals surface area contributed by atoms with Crippen LogP contribution in [0.15, 0.2) is 0 Å². The van der Waals surface area contributed by atoms with Gasteiger partial charge in [0.05, 0.1) is 0 Å². The summed E-state index contributed by atoms with van der Waals surface area (Å²) in [7, 11) is 0. The van der Waals surface area contributed by atoms with E-state index in [2.05, 4.69) is 15.5 Å². The molecule has 2 saturated heterocycles. The molecule has 3 nitrogen and oxygen atoms in total. The van der Waals surface area contributed by atoms with Crippen molar-refractivity contribution in [3.63, 3.8) is 0 Å². The monoisotopic (exact) mass is 195 g/mol. The first-order valence-electron chi connectivity index (χ1n) is 6.07. The van der Waals surface area contributed by atoms with Gasteiger partial charge in [0.15, 0.2) is 0 Å². The number of fused-ring (bicyclic) bond motifs is 2. The Kier molecular flexibility index (Phi) is 2.48. The molecule has 0 aromatic heterocycles. The maximum atomic E-state index is 3.52. The van der Waals surface area contributed by atoms with Crippen LogP contribution >= 0.6 is 0 Å². The van der Waals surface area contributed by atoms with Crippen LogP contribution < -0.4 is 10.6 Å². The molecule has 14 heavy (non-hydrogen) atoms. The maximum Gasteiger partial charge on any atom is 0.0107 e. The van der Waals surface area contributed by atoms with E-state index in [0.29, 0.717) is 0 Å². The van der Waals surface area contributed by atoms with Crippen molar-refractivity contribution in [3.05, 3.63) is 0 Å². The molecule has 0 amide bonds. The third kappa shape index (κ3) is 1.58. The van der Waals surface area contributed by atoms with Gasteiger partial charge in [-0.15, -0.1) is 0 Å². The quantitative estimate of drug-likeness (QED) is 0.636. The molecule has 3 heteroatoms. The number of hydrogen-bond donors (Lipinski definition) is 2. The first kappa shape index (κ1) is 9.13. The van der Waals surface area contributed by atoms with Crippen LogP contribution in [0.5, 0.6) is 0 Å². The summed E-state index contributed by atoms with van der Waals surface area (Å²) >= 11 is 0. The Balaban J connectivity index is 1.52. The van der Waals surface area contributed by atoms with Crippen molar-refractivity contribution < 1.29 is 0 Å². The van der Waals surface area contributed by atoms with Gasteiger partial charge in [-0.05, 0) is 37.3 Å². The molecule has 2 bridgehead atoms. The van der Waals surface area contributed by atoms with E-state index in [1.165, 1.54) is 52.2 Å². The van der Waals surface area contributed by atoms with Crippen molar-refractivity contribution >= 4 is 0 Å². The summed E-state index contributed by atoms with van der Waals surface area (Å²) in [5, 5.41) is 6.94. The van der Waals surface area contributed by atoms with Crippen LogP contribution in [-0.4, -0.2) is 50.7 Å². The zero-order valence-corrected chi connectivity index (χ0v) is 8.84. The Labute approximate surface area is 86.2 Å². The van der Waals surface area contributed by atoms with Gasteiger partial charge < -0.3 is 15.5 Å². The van der Waals surface area contributed by atoms with Gasteiger partial charge >= 0.3 is 0 Å². The van der Waals surface area contributed by atoms with Gasteiger partial charge in [0.25, 0.3) is 0 Å². The molecule has 2 N–H and O–H groups in total. The Hall–Kier alpha value is -0.120. The summed E-state index contributed by atoms with van der Waals surface area (Å²) in [4.78, 5) is 2.66. The molecule has 2 atom stereocenters. The fourth-order valence-electron chi connectivity index (χ4n) is 3.34. The van der Waals surface area contributed by atoms with Crippen molar-refractivity contribution in [3.8, 4) is 0 Å². The lowest BCUT2D eigenvalue weighted by Crippen LogP contribution is -2.58. The second-order valence-electron chi connectivity index (χ2n) is 5.13. The average Bonchev–Trinajstić information content (AvgIpc) is 2.28. The largest absolute Gasteiger partial charge is 0.316 e. The third-order valence-corrected chi connectivity index (χ3v) is 4.31. The Morgan fingerprint density at radius 1 is 1.00 bits per heavy atom. The van der Waals surface area contributed by atoms with E-state index in [4.69, 9.17) is 0 Å². The van der Waals surface area contributed by atoms with Gasteiger partial charge in [0, 0.05) is 32.7 Å². The highest BCUT2D eigenvalue weighted by Gasteiger charge is 2.43. The van der Waals surface area contributed by atoms with Crippen LogP contribution in [0.1, 0.15) is 6.42 Å². The molecule has 2 heterocycles. The van der Waals surface area contributed by atoms with Crippen LogP contribution in [0.25, 0.3) is 0 Å². The zero-order valence-electron chi connectivity index (χ0n) is 8.84. The minimum absolute atomic E-state index is 1.00. The van der Waals surface area contributed by atoms with Gasteiger partial charge in [-0.1, -0.05) is 0 Å². The molecule has 2 aliphatic heterocycles. The normalized spacial score (nSPS) is 43.3. The number of rotatable bonds is 2. The van der Waals surface area contributed by atoms with Crippen LogP contribution in [0.2, 0.25) is 0 Å². The highest BCUT2D eigenvalue weighted by Crippen LogP contribution is 2.42. The van der Waals surface area contributed by atoms with Crippen molar-refractivity contribution in [1.29, 1.82) is 0 Å². The predicted molar refractivity (Wildman–Crippen MR) is 57.3 cm³/mol. The molecule has 3 rings (SSSR count). The van der Waals surface area contributed by atoms with Crippen LogP contribution in [0, 0.1) is 17.8 Å². The fourth-order valence-corrected chi connectivity index (χ4v) is 3.34. The van der Waals surface area contributed by atoms with E-state index >= 15 is 0 Å². The standard InChI is InChI=1S/C11H21N3/c1-3-14(4-2-12-1)8-11-9-5-10(11)7-13-6-9/h9-13H,1-8H2. The van der Waals surface area contributed by atoms with Crippen LogP contribution in [0.3, 0.4) is 0 Å². The Morgan fingerprint density at radius 3 is 2.36 bits per heavy atom. The number of piperazine rings is 1. The third-order valence-electron chi connectivity index (χ3n) is 4.31. The molecule has 1 saturated carbocycles. The summed E-state index contributed by atoms with van der Waals surface area (Å²) < 4.78 is 0. The zero-order chi connectivity index (χ0) is 9.38. The van der Waals surface area contributed by atoms with Gasteiger partial charge in [0.1, 0.15) is 0 Å². The first-order valence-corrected chi connectivity index (χ1v) is 6.07. The highest BCUT2D eigenvalue weighted by molar-refractivity contribution is 4.97. The van der Waals surface area contributed by atoms with Crippen LogP contribution in [0.4, 0.5) is 0 Å². The van der Waals surface area contributed by atoms with Gasteiger partial charge in [-0.3, -0.25) is 0 Å². The second kappa shape index (κ2) is 3.80. The second-order valence-corrected chi connectivity index (χ2v) is 5.13. The van der Waals surface area contributed by atoms with Crippen molar-refractivity contribution in [2.24, 2.45) is 17.8 Å². The Morgan fingerprint density at radius 2 is 1.71 bits per heavy atom. The lowest BCUT2D eigenvalue weighted by atomic mass is 9.62. The van der Waals surface area contributed by atoms with Gasteiger partial charge in [-0.2, -0.15) is 0 Å². The van der Waals surface area contributed by atoms with E-state index in [1.807, 2.05) is 0 Å². The van der Waals surface area contributed by atoms with Crippen molar-refractivity contribution in [1.82, 2.24) is 15.5 Å². The number of nitrogens with one attached hydrogen (secondary N) is 2. The van der Waals surface area contributed by atoms with E-state index in [9.17, 15) is 0 Å². The van der Waals surface area contributed by atoms with E-state index < -0.39 is 0 Å². The fraction of sp³-hybridized carbons (Fsp3) is 1.00. The van der Waals surface area contributed by atoms with Crippen molar-refractivity contribution in [2.45, 2.75) is 6.42 Å². The van der Waals surface area contributed by atoms with Gasteiger partial charge in [-0.25, -0.2) is 0 Å². The average molecular weight is 195 g/mol. The van der Waals surface area contributed by atoms with E-state index in [-0.39, 0.29) is 0 Å². The highest BCUT2D eigenvalue weighted by atomic mass is 15.2. The minimum Gasteiger partial charge on any atom is -0.316 e. The number of nitrogens with zero attached hydrogens (tertiary/aromatic N) is 1. The molecule has 0 spiro atoms. The molecule has 0 radical (unpaired) electrons. The number of hydrogen-bond acceptors (Lipinski definition) is 3. The SMILES string of the molecule is C1CN(CC2C3CNCC2C3)CCN1. The molecule has 0 aromatic rings. The predicted octanol–water partition coefficient (Wildman–Crippen LogP) is -0.253. The topological polar surface area (TPSA) is 27.3 Å². The summed E-state index contributed by atoms with van der Waals surface area (Å²) in [6.07, 6.45) is 1.50. The summed E-state index contributed by atoms with van der Waals surface area (Å²) in [5.74, 6) is 3.03. The first-order chi connectivity index (χ1) is 6.93. The summed E-state index contributed by atoms with van der Waals surface area (Å²) in [5.41, 5.74) is 0. The van der Waals surface area contributed by atoms with Crippen molar-refractivity contribution in [2.75, 3.05) is 45.8 Å². The molecule has 2 unspecified atom stereocenters. The smallest absolute Gasteiger partial charge is 0.0107 e. The Bertz CT molecular complexity index is 187. The molecule has 80 valence electrons. The minimum atomic E-state index is 1.00. The molecule has 1 aliphatic carbocycles. The summed E-state index contributed by atoms with van der Waals surface area (Å²) in [6.45, 7) is 8.87. The molecule has 3 fully saturated rings. The lowest BCUT2D eigenvalue weighted by molar-refractivity contribution is 0.00153. The molecular weight excluding hydrogens is 174 g/mol. The molecule has 3 aliphatic rings. The van der Waals surface area contributed by atoms with E-state index in [0.717, 1.165) is 17.8 Å². The van der Waals surface area contributed by atoms with Crippen LogP contribution in [-0.2, 0) is 0 Å². The number of piperidine rings is 2. The molecular formula is C11H21N3. The summed E-state index contributed by atoms with van der Waals surface area (Å²) in [6, 6.07) is 0. The maximum absolute atomic E-state index is 3.52.